The highest BCUT2D eigenvalue weighted by atomic mass is 35.5. The number of carbonyl (C=O) groups is 1. The van der Waals surface area contributed by atoms with Crippen molar-refractivity contribution in [2.45, 2.75) is 19.3 Å². The molecule has 2 aliphatic rings. The van der Waals surface area contributed by atoms with Crippen molar-refractivity contribution in [2.75, 3.05) is 26.2 Å². The molecule has 1 spiro atoms. The molecule has 5 heteroatoms. The summed E-state index contributed by atoms with van der Waals surface area (Å²) in [7, 11) is 1.87. The molecule has 1 N–H and O–H groups in total. The second-order valence-electron chi connectivity index (χ2n) is 5.88. The minimum Gasteiger partial charge on any atom is -0.345 e. The quantitative estimate of drug-likeness (QED) is 0.854. The van der Waals surface area contributed by atoms with Crippen molar-refractivity contribution in [3.8, 4) is 0 Å². The third kappa shape index (κ3) is 2.39. The van der Waals surface area contributed by atoms with Crippen molar-refractivity contribution in [3.05, 3.63) is 23.0 Å². The molecule has 4 nitrogen and oxygen atoms in total. The van der Waals surface area contributed by atoms with E-state index in [2.05, 4.69) is 5.32 Å². The molecule has 1 aromatic rings. The molecule has 0 aliphatic carbocycles. The first-order chi connectivity index (χ1) is 9.10. The van der Waals surface area contributed by atoms with Gasteiger partial charge in [-0.2, -0.15) is 0 Å². The summed E-state index contributed by atoms with van der Waals surface area (Å²) >= 11 is 5.96. The van der Waals surface area contributed by atoms with E-state index in [4.69, 9.17) is 11.6 Å². The summed E-state index contributed by atoms with van der Waals surface area (Å²) in [4.78, 5) is 14.5. The van der Waals surface area contributed by atoms with Gasteiger partial charge in [-0.25, -0.2) is 0 Å². The van der Waals surface area contributed by atoms with Crippen LogP contribution in [0.25, 0.3) is 0 Å². The highest BCUT2D eigenvalue weighted by Gasteiger charge is 2.40. The van der Waals surface area contributed by atoms with Gasteiger partial charge >= 0.3 is 0 Å². The van der Waals surface area contributed by atoms with Crippen LogP contribution in [0.5, 0.6) is 0 Å². The monoisotopic (exact) mass is 281 g/mol. The van der Waals surface area contributed by atoms with Gasteiger partial charge in [0.1, 0.15) is 5.69 Å². The number of aromatic nitrogens is 1. The van der Waals surface area contributed by atoms with Gasteiger partial charge in [0.25, 0.3) is 5.91 Å². The molecular formula is C14H20ClN3O. The van der Waals surface area contributed by atoms with E-state index in [-0.39, 0.29) is 5.91 Å². The molecule has 2 fully saturated rings. The number of aryl methyl sites for hydroxylation is 1. The van der Waals surface area contributed by atoms with Crippen molar-refractivity contribution in [3.63, 3.8) is 0 Å². The van der Waals surface area contributed by atoms with Crippen LogP contribution in [0.15, 0.2) is 12.3 Å². The Labute approximate surface area is 118 Å². The minimum absolute atomic E-state index is 0.116. The Morgan fingerprint density at radius 2 is 2.11 bits per heavy atom. The number of hydrogen-bond donors (Lipinski definition) is 1. The van der Waals surface area contributed by atoms with Gasteiger partial charge < -0.3 is 14.8 Å². The number of amides is 1. The molecule has 0 radical (unpaired) electrons. The molecule has 1 amide bonds. The molecule has 3 rings (SSSR count). The average molecular weight is 282 g/mol. The number of carbonyl (C=O) groups excluding carboxylic acids is 1. The summed E-state index contributed by atoms with van der Waals surface area (Å²) in [5.41, 5.74) is 1.05. The van der Waals surface area contributed by atoms with Gasteiger partial charge in [0.2, 0.25) is 0 Å². The number of halogens is 1. The van der Waals surface area contributed by atoms with Gasteiger partial charge in [-0.05, 0) is 43.8 Å². The zero-order valence-corrected chi connectivity index (χ0v) is 12.0. The smallest absolute Gasteiger partial charge is 0.270 e. The molecule has 0 unspecified atom stereocenters. The minimum atomic E-state index is 0.116. The van der Waals surface area contributed by atoms with E-state index in [1.165, 1.54) is 12.8 Å². The molecular weight excluding hydrogens is 262 g/mol. The Bertz CT molecular complexity index is 491. The molecule has 2 saturated heterocycles. The zero-order chi connectivity index (χ0) is 13.5. The third-order valence-corrected chi connectivity index (χ3v) is 4.79. The molecule has 0 bridgehead atoms. The molecule has 19 heavy (non-hydrogen) atoms. The van der Waals surface area contributed by atoms with E-state index in [1.54, 1.807) is 12.3 Å². The number of nitrogens with zero attached hydrogens (tertiary/aromatic N) is 2. The van der Waals surface area contributed by atoms with Crippen LogP contribution >= 0.6 is 11.6 Å². The lowest BCUT2D eigenvalue weighted by Gasteiger charge is -2.33. The maximum Gasteiger partial charge on any atom is 0.270 e. The molecule has 1 aromatic heterocycles. The van der Waals surface area contributed by atoms with Crippen LogP contribution < -0.4 is 5.32 Å². The van der Waals surface area contributed by atoms with Crippen molar-refractivity contribution in [1.82, 2.24) is 14.8 Å². The Kier molecular flexibility index (Phi) is 3.31. The van der Waals surface area contributed by atoms with Crippen LogP contribution in [0.1, 0.15) is 29.8 Å². The molecule has 0 saturated carbocycles. The Balaban J connectivity index is 1.74. The summed E-state index contributed by atoms with van der Waals surface area (Å²) in [6.07, 6.45) is 5.29. The lowest BCUT2D eigenvalue weighted by atomic mass is 9.78. The predicted molar refractivity (Wildman–Crippen MR) is 75.5 cm³/mol. The van der Waals surface area contributed by atoms with Crippen LogP contribution in [0.2, 0.25) is 5.02 Å². The second-order valence-corrected chi connectivity index (χ2v) is 6.32. The lowest BCUT2D eigenvalue weighted by Crippen LogP contribution is -2.40. The fourth-order valence-corrected chi connectivity index (χ4v) is 3.62. The first kappa shape index (κ1) is 13.0. The summed E-state index contributed by atoms with van der Waals surface area (Å²) in [6, 6.07) is 1.76. The Morgan fingerprint density at radius 3 is 2.74 bits per heavy atom. The number of likely N-dealkylation sites (tertiary alicyclic amines) is 1. The van der Waals surface area contributed by atoms with Gasteiger partial charge in [0.15, 0.2) is 0 Å². The SMILES string of the molecule is Cn1cc(Cl)cc1C(=O)N1CCC2(CCNCC2)C1. The van der Waals surface area contributed by atoms with Crippen LogP contribution in [0.4, 0.5) is 0 Å². The molecule has 2 aliphatic heterocycles. The fraction of sp³-hybridized carbons (Fsp3) is 0.643. The molecule has 0 atom stereocenters. The van der Waals surface area contributed by atoms with Gasteiger partial charge in [-0.15, -0.1) is 0 Å². The van der Waals surface area contributed by atoms with Gasteiger partial charge in [-0.3, -0.25) is 4.79 Å². The topological polar surface area (TPSA) is 37.3 Å². The standard InChI is InChI=1S/C14H20ClN3O/c1-17-9-11(15)8-12(17)13(19)18-7-4-14(10-18)2-5-16-6-3-14/h8-9,16H,2-7,10H2,1H3. The third-order valence-electron chi connectivity index (χ3n) is 4.58. The van der Waals surface area contributed by atoms with Crippen molar-refractivity contribution in [2.24, 2.45) is 12.5 Å². The first-order valence-corrected chi connectivity index (χ1v) is 7.29. The van der Waals surface area contributed by atoms with Crippen LogP contribution in [-0.2, 0) is 7.05 Å². The predicted octanol–water partition coefficient (Wildman–Crippen LogP) is 1.89. The zero-order valence-electron chi connectivity index (χ0n) is 11.3. The van der Waals surface area contributed by atoms with Crippen LogP contribution in [-0.4, -0.2) is 41.6 Å². The van der Waals surface area contributed by atoms with Crippen LogP contribution in [0.3, 0.4) is 0 Å². The van der Waals surface area contributed by atoms with E-state index >= 15 is 0 Å². The molecule has 0 aromatic carbocycles. The van der Waals surface area contributed by atoms with Gasteiger partial charge in [0, 0.05) is 26.3 Å². The lowest BCUT2D eigenvalue weighted by molar-refractivity contribution is 0.0752. The number of piperidine rings is 1. The van der Waals surface area contributed by atoms with Crippen molar-refractivity contribution >= 4 is 17.5 Å². The maximum absolute atomic E-state index is 12.5. The second kappa shape index (κ2) is 4.84. The summed E-state index contributed by atoms with van der Waals surface area (Å²) in [6.45, 7) is 3.94. The summed E-state index contributed by atoms with van der Waals surface area (Å²) in [5, 5.41) is 4.03. The number of rotatable bonds is 1. The molecule has 104 valence electrons. The van der Waals surface area contributed by atoms with Crippen molar-refractivity contribution in [1.29, 1.82) is 0 Å². The van der Waals surface area contributed by atoms with E-state index in [9.17, 15) is 4.79 Å². The highest BCUT2D eigenvalue weighted by molar-refractivity contribution is 6.31. The van der Waals surface area contributed by atoms with E-state index in [0.29, 0.717) is 16.1 Å². The Morgan fingerprint density at radius 1 is 1.37 bits per heavy atom. The summed E-state index contributed by atoms with van der Waals surface area (Å²) in [5.74, 6) is 0.116. The Hall–Kier alpha value is -1.00. The maximum atomic E-state index is 12.5. The fourth-order valence-electron chi connectivity index (χ4n) is 3.37. The number of nitrogens with one attached hydrogen (secondary N) is 1. The van der Waals surface area contributed by atoms with E-state index < -0.39 is 0 Å². The van der Waals surface area contributed by atoms with Gasteiger partial charge in [0.05, 0.1) is 5.02 Å². The average Bonchev–Trinajstić information content (AvgIpc) is 2.94. The highest BCUT2D eigenvalue weighted by Crippen LogP contribution is 2.39. The van der Waals surface area contributed by atoms with Crippen molar-refractivity contribution < 1.29 is 4.79 Å². The largest absolute Gasteiger partial charge is 0.345 e. The van der Waals surface area contributed by atoms with E-state index in [1.807, 2.05) is 16.5 Å². The normalized spacial score (nSPS) is 22.1. The van der Waals surface area contributed by atoms with Gasteiger partial charge in [-0.1, -0.05) is 11.6 Å². The van der Waals surface area contributed by atoms with E-state index in [0.717, 1.165) is 32.6 Å². The molecule has 3 heterocycles. The summed E-state index contributed by atoms with van der Waals surface area (Å²) < 4.78 is 1.82. The first-order valence-electron chi connectivity index (χ1n) is 6.92. The van der Waals surface area contributed by atoms with Crippen LogP contribution in [0, 0.1) is 5.41 Å². The number of hydrogen-bond acceptors (Lipinski definition) is 2.